The van der Waals surface area contributed by atoms with Crippen LogP contribution in [0.5, 0.6) is 0 Å². The highest BCUT2D eigenvalue weighted by Crippen LogP contribution is 2.40. The Labute approximate surface area is 102 Å². The molecule has 1 atom stereocenters. The van der Waals surface area contributed by atoms with Gasteiger partial charge in [-0.3, -0.25) is 9.78 Å². The zero-order valence-corrected chi connectivity index (χ0v) is 9.22. The predicted octanol–water partition coefficient (Wildman–Crippen LogP) is 1.41. The molecule has 0 fully saturated rings. The minimum atomic E-state index is -1.88. The molecule has 4 nitrogen and oxygen atoms in total. The summed E-state index contributed by atoms with van der Waals surface area (Å²) in [6.45, 7) is 0. The van der Waals surface area contributed by atoms with E-state index >= 15 is 0 Å². The number of aromatic nitrogens is 1. The number of pyridine rings is 1. The summed E-state index contributed by atoms with van der Waals surface area (Å²) in [6.07, 6.45) is 2.30. The number of fused-ring (bicyclic) bond motifs is 1. The van der Waals surface area contributed by atoms with Crippen LogP contribution in [0.4, 0.5) is 10.1 Å². The summed E-state index contributed by atoms with van der Waals surface area (Å²) < 4.78 is 13.2. The fourth-order valence-corrected chi connectivity index (χ4v) is 2.14. The van der Waals surface area contributed by atoms with Gasteiger partial charge in [0, 0.05) is 23.0 Å². The molecular formula is C13H9FN2O2. The first-order chi connectivity index (χ1) is 8.62. The fourth-order valence-electron chi connectivity index (χ4n) is 2.14. The monoisotopic (exact) mass is 244 g/mol. The SMILES string of the molecule is O=C1Nc2ccccc2C1(O)c1cncc(F)c1. The second kappa shape index (κ2) is 3.61. The van der Waals surface area contributed by atoms with Gasteiger partial charge in [0.2, 0.25) is 0 Å². The normalized spacial score (nSPS) is 21.6. The average Bonchev–Trinajstić information content (AvgIpc) is 2.63. The molecular weight excluding hydrogens is 235 g/mol. The molecule has 2 aromatic rings. The lowest BCUT2D eigenvalue weighted by Crippen LogP contribution is -2.35. The quantitative estimate of drug-likeness (QED) is 0.797. The van der Waals surface area contributed by atoms with Gasteiger partial charge >= 0.3 is 0 Å². The molecule has 2 heterocycles. The second-order valence-corrected chi connectivity index (χ2v) is 4.10. The maximum Gasteiger partial charge on any atom is 0.265 e. The van der Waals surface area contributed by atoms with Gasteiger partial charge in [-0.1, -0.05) is 18.2 Å². The number of nitrogens with one attached hydrogen (secondary N) is 1. The van der Waals surface area contributed by atoms with Crippen LogP contribution < -0.4 is 5.32 Å². The molecule has 1 aromatic heterocycles. The first-order valence-electron chi connectivity index (χ1n) is 5.37. The molecule has 1 aliphatic heterocycles. The fraction of sp³-hybridized carbons (Fsp3) is 0.0769. The Balaban J connectivity index is 2.23. The van der Waals surface area contributed by atoms with Crippen LogP contribution in [0.15, 0.2) is 42.7 Å². The number of hydrogen-bond donors (Lipinski definition) is 2. The van der Waals surface area contributed by atoms with E-state index in [9.17, 15) is 14.3 Å². The van der Waals surface area contributed by atoms with E-state index in [0.717, 1.165) is 12.3 Å². The summed E-state index contributed by atoms with van der Waals surface area (Å²) in [5.74, 6) is -1.20. The lowest BCUT2D eigenvalue weighted by molar-refractivity contribution is -0.129. The molecule has 3 rings (SSSR count). The first-order valence-corrected chi connectivity index (χ1v) is 5.37. The van der Waals surface area contributed by atoms with E-state index in [4.69, 9.17) is 0 Å². The van der Waals surface area contributed by atoms with Crippen molar-refractivity contribution in [3.8, 4) is 0 Å². The Bertz CT molecular complexity index is 644. The summed E-state index contributed by atoms with van der Waals surface area (Å²) >= 11 is 0. The molecule has 1 unspecified atom stereocenters. The van der Waals surface area contributed by atoms with Gasteiger partial charge < -0.3 is 10.4 Å². The van der Waals surface area contributed by atoms with Crippen LogP contribution >= 0.6 is 0 Å². The number of hydrogen-bond acceptors (Lipinski definition) is 3. The van der Waals surface area contributed by atoms with E-state index in [1.807, 2.05) is 0 Å². The standard InChI is InChI=1S/C13H9FN2O2/c14-9-5-8(6-15-7-9)13(18)10-3-1-2-4-11(10)16-12(13)17/h1-7,18H,(H,16,17). The summed E-state index contributed by atoms with van der Waals surface area (Å²) in [7, 11) is 0. The van der Waals surface area contributed by atoms with E-state index in [0.29, 0.717) is 11.3 Å². The summed E-state index contributed by atoms with van der Waals surface area (Å²) in [5.41, 5.74) is -0.840. The number of halogens is 1. The number of amides is 1. The lowest BCUT2D eigenvalue weighted by Gasteiger charge is -2.20. The number of carbonyl (C=O) groups is 1. The van der Waals surface area contributed by atoms with Crippen molar-refractivity contribution in [3.63, 3.8) is 0 Å². The molecule has 0 bridgehead atoms. The summed E-state index contributed by atoms with van der Waals surface area (Å²) in [5, 5.41) is 13.2. The highest BCUT2D eigenvalue weighted by atomic mass is 19.1. The van der Waals surface area contributed by atoms with Crippen molar-refractivity contribution in [1.82, 2.24) is 4.98 Å². The minimum absolute atomic E-state index is 0.116. The topological polar surface area (TPSA) is 62.2 Å². The molecule has 1 amide bonds. The maximum absolute atomic E-state index is 13.2. The molecule has 0 spiro atoms. The van der Waals surface area contributed by atoms with E-state index in [1.54, 1.807) is 24.3 Å². The van der Waals surface area contributed by atoms with E-state index < -0.39 is 17.3 Å². The largest absolute Gasteiger partial charge is 0.372 e. The van der Waals surface area contributed by atoms with Gasteiger partial charge in [-0.2, -0.15) is 0 Å². The minimum Gasteiger partial charge on any atom is -0.372 e. The van der Waals surface area contributed by atoms with Gasteiger partial charge in [0.25, 0.3) is 5.91 Å². The zero-order valence-electron chi connectivity index (χ0n) is 9.22. The third-order valence-corrected chi connectivity index (χ3v) is 3.02. The molecule has 0 saturated carbocycles. The highest BCUT2D eigenvalue weighted by Gasteiger charge is 2.47. The van der Waals surface area contributed by atoms with Crippen molar-refractivity contribution < 1.29 is 14.3 Å². The van der Waals surface area contributed by atoms with Crippen molar-refractivity contribution in [1.29, 1.82) is 0 Å². The highest BCUT2D eigenvalue weighted by molar-refractivity contribution is 6.07. The van der Waals surface area contributed by atoms with Crippen LogP contribution in [0.2, 0.25) is 0 Å². The molecule has 0 radical (unpaired) electrons. The van der Waals surface area contributed by atoms with Gasteiger partial charge in [-0.25, -0.2) is 4.39 Å². The molecule has 5 heteroatoms. The maximum atomic E-state index is 13.2. The van der Waals surface area contributed by atoms with Crippen LogP contribution in [-0.4, -0.2) is 16.0 Å². The molecule has 2 N–H and O–H groups in total. The van der Waals surface area contributed by atoms with Crippen molar-refractivity contribution in [3.05, 3.63) is 59.7 Å². The number of anilines is 1. The van der Waals surface area contributed by atoms with Crippen molar-refractivity contribution >= 4 is 11.6 Å². The third kappa shape index (κ3) is 1.34. The first kappa shape index (κ1) is 10.9. The van der Waals surface area contributed by atoms with Crippen LogP contribution in [0.1, 0.15) is 11.1 Å². The summed E-state index contributed by atoms with van der Waals surface area (Å²) in [4.78, 5) is 15.6. The van der Waals surface area contributed by atoms with Gasteiger partial charge in [-0.15, -0.1) is 0 Å². The van der Waals surface area contributed by atoms with Crippen molar-refractivity contribution in [2.75, 3.05) is 5.32 Å². The average molecular weight is 244 g/mol. The Morgan fingerprint density at radius 2 is 2.06 bits per heavy atom. The van der Waals surface area contributed by atoms with Crippen molar-refractivity contribution in [2.45, 2.75) is 5.60 Å². The Hall–Kier alpha value is -2.27. The Morgan fingerprint density at radius 1 is 1.28 bits per heavy atom. The van der Waals surface area contributed by atoms with Crippen molar-refractivity contribution in [2.24, 2.45) is 0 Å². The van der Waals surface area contributed by atoms with Crippen LogP contribution in [0.3, 0.4) is 0 Å². The molecule has 1 aromatic carbocycles. The number of rotatable bonds is 1. The zero-order chi connectivity index (χ0) is 12.8. The van der Waals surface area contributed by atoms with Gasteiger partial charge in [0.1, 0.15) is 5.82 Å². The Kier molecular flexibility index (Phi) is 2.18. The third-order valence-electron chi connectivity index (χ3n) is 3.02. The number of aliphatic hydroxyl groups is 1. The van der Waals surface area contributed by atoms with Crippen LogP contribution in [-0.2, 0) is 10.4 Å². The van der Waals surface area contributed by atoms with E-state index in [2.05, 4.69) is 10.3 Å². The van der Waals surface area contributed by atoms with Gasteiger partial charge in [0.05, 0.1) is 6.20 Å². The van der Waals surface area contributed by atoms with Gasteiger partial charge in [-0.05, 0) is 12.1 Å². The molecule has 18 heavy (non-hydrogen) atoms. The number of nitrogens with zero attached hydrogens (tertiary/aromatic N) is 1. The molecule has 1 aliphatic rings. The summed E-state index contributed by atoms with van der Waals surface area (Å²) in [6, 6.07) is 7.86. The van der Waals surface area contributed by atoms with Gasteiger partial charge in [0.15, 0.2) is 5.60 Å². The predicted molar refractivity (Wildman–Crippen MR) is 62.3 cm³/mol. The number of para-hydroxylation sites is 1. The second-order valence-electron chi connectivity index (χ2n) is 4.10. The number of benzene rings is 1. The smallest absolute Gasteiger partial charge is 0.265 e. The van der Waals surface area contributed by atoms with Crippen LogP contribution in [0, 0.1) is 5.82 Å². The molecule has 0 saturated heterocycles. The lowest BCUT2D eigenvalue weighted by atomic mass is 9.88. The van der Waals surface area contributed by atoms with E-state index in [-0.39, 0.29) is 5.56 Å². The number of carbonyl (C=O) groups excluding carboxylic acids is 1. The molecule has 90 valence electrons. The van der Waals surface area contributed by atoms with E-state index in [1.165, 1.54) is 6.20 Å². The van der Waals surface area contributed by atoms with Crippen LogP contribution in [0.25, 0.3) is 0 Å². The Morgan fingerprint density at radius 3 is 2.83 bits per heavy atom. The molecule has 0 aliphatic carbocycles.